The molecule has 0 bridgehead atoms. The van der Waals surface area contributed by atoms with Gasteiger partial charge in [-0.05, 0) is 48.4 Å². The zero-order chi connectivity index (χ0) is 12.1. The Morgan fingerprint density at radius 2 is 1.53 bits per heavy atom. The molecule has 0 aliphatic rings. The largest absolute Gasteiger partial charge is 0.0622 e. The Morgan fingerprint density at radius 3 is 2.24 bits per heavy atom. The lowest BCUT2D eigenvalue weighted by Gasteiger charge is -2.07. The first-order valence-electron chi connectivity index (χ1n) is 6.42. The van der Waals surface area contributed by atoms with Crippen LogP contribution in [0, 0.1) is 6.92 Å². The average molecular weight is 224 g/mol. The van der Waals surface area contributed by atoms with Gasteiger partial charge in [0.15, 0.2) is 0 Å². The lowest BCUT2D eigenvalue weighted by molar-refractivity contribution is 0.950. The van der Waals surface area contributed by atoms with Gasteiger partial charge >= 0.3 is 0 Å². The molecule has 0 spiro atoms. The maximum Gasteiger partial charge on any atom is -0.0238 e. The predicted molar refractivity (Wildman–Crippen MR) is 74.4 cm³/mol. The van der Waals surface area contributed by atoms with Crippen LogP contribution in [0.5, 0.6) is 0 Å². The molecule has 0 amide bonds. The minimum Gasteiger partial charge on any atom is -0.0622 e. The van der Waals surface area contributed by atoms with Gasteiger partial charge in [-0.25, -0.2) is 0 Å². The fourth-order valence-corrected chi connectivity index (χ4v) is 2.19. The SMILES string of the molecule is CCc1cc(CCc2ccccc2)ccc1C. The first kappa shape index (κ1) is 11.9. The van der Waals surface area contributed by atoms with Gasteiger partial charge in [0.2, 0.25) is 0 Å². The van der Waals surface area contributed by atoms with Gasteiger partial charge in [0, 0.05) is 0 Å². The van der Waals surface area contributed by atoms with E-state index in [1.165, 1.54) is 22.3 Å². The highest BCUT2D eigenvalue weighted by molar-refractivity contribution is 5.31. The van der Waals surface area contributed by atoms with E-state index in [-0.39, 0.29) is 0 Å². The standard InChI is InChI=1S/C17H20/c1-3-17-13-16(10-9-14(17)2)12-11-15-7-5-4-6-8-15/h4-10,13H,3,11-12H2,1-2H3. The molecule has 0 heteroatoms. The summed E-state index contributed by atoms with van der Waals surface area (Å²) in [5, 5.41) is 0. The van der Waals surface area contributed by atoms with E-state index < -0.39 is 0 Å². The van der Waals surface area contributed by atoms with Crippen LogP contribution >= 0.6 is 0 Å². The molecule has 0 aliphatic carbocycles. The average Bonchev–Trinajstić information content (AvgIpc) is 2.39. The second kappa shape index (κ2) is 5.67. The molecule has 2 aromatic carbocycles. The summed E-state index contributed by atoms with van der Waals surface area (Å²) in [6.07, 6.45) is 3.40. The van der Waals surface area contributed by atoms with E-state index >= 15 is 0 Å². The zero-order valence-corrected chi connectivity index (χ0v) is 10.7. The third-order valence-corrected chi connectivity index (χ3v) is 3.34. The molecule has 88 valence electrons. The van der Waals surface area contributed by atoms with Crippen LogP contribution < -0.4 is 0 Å². The molecule has 0 unspecified atom stereocenters. The maximum atomic E-state index is 2.36. The Kier molecular flexibility index (Phi) is 3.98. The Morgan fingerprint density at radius 1 is 0.824 bits per heavy atom. The molecule has 0 atom stereocenters. The summed E-state index contributed by atoms with van der Waals surface area (Å²) in [6, 6.07) is 17.6. The normalized spacial score (nSPS) is 10.5. The minimum absolute atomic E-state index is 1.13. The van der Waals surface area contributed by atoms with Crippen molar-refractivity contribution in [1.82, 2.24) is 0 Å². The van der Waals surface area contributed by atoms with E-state index in [1.807, 2.05) is 0 Å². The van der Waals surface area contributed by atoms with Crippen LogP contribution in [0.4, 0.5) is 0 Å². The van der Waals surface area contributed by atoms with Crippen LogP contribution in [0.2, 0.25) is 0 Å². The summed E-state index contributed by atoms with van der Waals surface area (Å²) < 4.78 is 0. The number of hydrogen-bond donors (Lipinski definition) is 0. The molecule has 0 nitrogen and oxygen atoms in total. The lowest BCUT2D eigenvalue weighted by atomic mass is 9.99. The summed E-state index contributed by atoms with van der Waals surface area (Å²) in [4.78, 5) is 0. The molecule has 0 saturated carbocycles. The Bertz CT molecular complexity index is 469. The van der Waals surface area contributed by atoms with Crippen molar-refractivity contribution in [2.24, 2.45) is 0 Å². The maximum absolute atomic E-state index is 2.36. The Balaban J connectivity index is 2.04. The third kappa shape index (κ3) is 3.20. The number of hydrogen-bond acceptors (Lipinski definition) is 0. The summed E-state index contributed by atoms with van der Waals surface area (Å²) in [5.74, 6) is 0. The van der Waals surface area contributed by atoms with Crippen molar-refractivity contribution in [2.75, 3.05) is 0 Å². The van der Waals surface area contributed by atoms with E-state index in [9.17, 15) is 0 Å². The van der Waals surface area contributed by atoms with Gasteiger partial charge < -0.3 is 0 Å². The first-order valence-corrected chi connectivity index (χ1v) is 6.42. The van der Waals surface area contributed by atoms with Gasteiger partial charge in [0.05, 0.1) is 0 Å². The van der Waals surface area contributed by atoms with Gasteiger partial charge in [-0.3, -0.25) is 0 Å². The second-order valence-electron chi connectivity index (χ2n) is 4.60. The molecule has 0 aliphatic heterocycles. The molecule has 0 heterocycles. The van der Waals surface area contributed by atoms with Crippen LogP contribution in [0.1, 0.15) is 29.2 Å². The third-order valence-electron chi connectivity index (χ3n) is 3.34. The van der Waals surface area contributed by atoms with Gasteiger partial charge in [-0.2, -0.15) is 0 Å². The Hall–Kier alpha value is -1.56. The summed E-state index contributed by atoms with van der Waals surface area (Å²) in [6.45, 7) is 4.42. The van der Waals surface area contributed by atoms with Crippen LogP contribution in [-0.4, -0.2) is 0 Å². The van der Waals surface area contributed by atoms with E-state index in [1.54, 1.807) is 0 Å². The topological polar surface area (TPSA) is 0 Å². The van der Waals surface area contributed by atoms with E-state index in [4.69, 9.17) is 0 Å². The molecule has 17 heavy (non-hydrogen) atoms. The quantitative estimate of drug-likeness (QED) is 0.724. The highest BCUT2D eigenvalue weighted by Crippen LogP contribution is 2.14. The fraction of sp³-hybridized carbons (Fsp3) is 0.294. The highest BCUT2D eigenvalue weighted by atomic mass is 14.0. The van der Waals surface area contributed by atoms with E-state index in [2.05, 4.69) is 62.4 Å². The minimum atomic E-state index is 1.13. The zero-order valence-electron chi connectivity index (χ0n) is 10.7. The highest BCUT2D eigenvalue weighted by Gasteiger charge is 1.99. The second-order valence-corrected chi connectivity index (χ2v) is 4.60. The summed E-state index contributed by atoms with van der Waals surface area (Å²) in [5.41, 5.74) is 5.77. The van der Waals surface area contributed by atoms with E-state index in [0.717, 1.165) is 19.3 Å². The van der Waals surface area contributed by atoms with Crippen molar-refractivity contribution in [2.45, 2.75) is 33.1 Å². The van der Waals surface area contributed by atoms with Crippen molar-refractivity contribution in [3.8, 4) is 0 Å². The Labute approximate surface area is 104 Å². The molecular weight excluding hydrogens is 204 g/mol. The fourth-order valence-electron chi connectivity index (χ4n) is 2.19. The molecule has 0 aromatic heterocycles. The predicted octanol–water partition coefficient (Wildman–Crippen LogP) is 4.34. The van der Waals surface area contributed by atoms with E-state index in [0.29, 0.717) is 0 Å². The first-order chi connectivity index (χ1) is 8.29. The summed E-state index contributed by atoms with van der Waals surface area (Å²) in [7, 11) is 0. The number of aryl methyl sites for hydroxylation is 4. The van der Waals surface area contributed by atoms with Crippen molar-refractivity contribution in [3.63, 3.8) is 0 Å². The number of benzene rings is 2. The van der Waals surface area contributed by atoms with Crippen LogP contribution in [0.3, 0.4) is 0 Å². The molecule has 0 saturated heterocycles. The molecule has 0 radical (unpaired) electrons. The van der Waals surface area contributed by atoms with Gasteiger partial charge in [-0.1, -0.05) is 55.5 Å². The molecule has 0 N–H and O–H groups in total. The molecular formula is C17H20. The van der Waals surface area contributed by atoms with Crippen molar-refractivity contribution < 1.29 is 0 Å². The van der Waals surface area contributed by atoms with Crippen LogP contribution in [-0.2, 0) is 19.3 Å². The van der Waals surface area contributed by atoms with Crippen LogP contribution in [0.15, 0.2) is 48.5 Å². The van der Waals surface area contributed by atoms with Crippen molar-refractivity contribution >= 4 is 0 Å². The van der Waals surface area contributed by atoms with Gasteiger partial charge in [0.25, 0.3) is 0 Å². The van der Waals surface area contributed by atoms with Gasteiger partial charge in [0.1, 0.15) is 0 Å². The summed E-state index contributed by atoms with van der Waals surface area (Å²) >= 11 is 0. The number of rotatable bonds is 4. The van der Waals surface area contributed by atoms with Crippen LogP contribution in [0.25, 0.3) is 0 Å². The smallest absolute Gasteiger partial charge is 0.0238 e. The van der Waals surface area contributed by atoms with Crippen molar-refractivity contribution in [3.05, 3.63) is 70.8 Å². The lowest BCUT2D eigenvalue weighted by Crippen LogP contribution is -1.94. The molecule has 2 rings (SSSR count). The van der Waals surface area contributed by atoms with Crippen molar-refractivity contribution in [1.29, 1.82) is 0 Å². The monoisotopic (exact) mass is 224 g/mol. The molecule has 0 fully saturated rings. The molecule has 2 aromatic rings. The van der Waals surface area contributed by atoms with Gasteiger partial charge in [-0.15, -0.1) is 0 Å².